The number of ether oxygens (including phenoxy) is 2. The van der Waals surface area contributed by atoms with Crippen LogP contribution in [0.5, 0.6) is 0 Å². The van der Waals surface area contributed by atoms with Gasteiger partial charge in [-0.2, -0.15) is 0 Å². The molecule has 0 aromatic heterocycles. The van der Waals surface area contributed by atoms with Crippen molar-refractivity contribution in [1.82, 2.24) is 10.2 Å². The monoisotopic (exact) mass is 706 g/mol. The van der Waals surface area contributed by atoms with E-state index in [1.54, 1.807) is 0 Å². The number of carbonyl (C=O) groups is 3. The quantitative estimate of drug-likeness (QED) is 0.0938. The van der Waals surface area contributed by atoms with Gasteiger partial charge in [-0.25, -0.2) is 25.3 Å². The third kappa shape index (κ3) is 20.2. The molecule has 0 unspecified atom stereocenters. The fourth-order valence-corrected chi connectivity index (χ4v) is 4.63. The maximum Gasteiger partial charge on any atom is 1.00 e. The van der Waals surface area contributed by atoms with E-state index < -0.39 is 106 Å². The molecule has 0 spiro atoms. The van der Waals surface area contributed by atoms with Crippen LogP contribution in [-0.4, -0.2) is 119 Å². The number of hydrogen-bond acceptors (Lipinski definition) is 18. The molecule has 222 valence electrons. The molecule has 2 amide bonds. The van der Waals surface area contributed by atoms with Gasteiger partial charge >= 0.3 is 118 Å². The molecule has 0 aliphatic carbocycles. The normalized spacial score (nSPS) is 22.2. The summed E-state index contributed by atoms with van der Waals surface area (Å²) in [6, 6.07) is 0. The molecule has 27 heteroatoms. The molecule has 1 heterocycles. The molecular weight excluding hydrogens is 684 g/mol. The Morgan fingerprint density at radius 1 is 0.810 bits per heavy atom. The molecule has 0 radical (unpaired) electrons. The second-order valence-corrected chi connectivity index (χ2v) is 10.3. The first-order chi connectivity index (χ1) is 17.3. The van der Waals surface area contributed by atoms with Crippen molar-refractivity contribution >= 4 is 49.0 Å². The van der Waals surface area contributed by atoms with Crippen molar-refractivity contribution in [3.05, 3.63) is 0 Å². The van der Waals surface area contributed by atoms with Gasteiger partial charge in [-0.1, -0.05) is 0 Å². The average Bonchev–Trinajstić information content (AvgIpc) is 2.74. The molecule has 1 aliphatic rings. The van der Waals surface area contributed by atoms with Crippen LogP contribution < -0.4 is 129 Å². The molecule has 1 rings (SSSR count). The van der Waals surface area contributed by atoms with Gasteiger partial charge in [-0.05, 0) is 13.3 Å². The minimum Gasteiger partial charge on any atom is -0.726 e. The van der Waals surface area contributed by atoms with Gasteiger partial charge in [0.15, 0.2) is 12.4 Å². The maximum atomic E-state index is 12.3. The number of carboxylic acid groups (broad SMARTS) is 1. The summed E-state index contributed by atoms with van der Waals surface area (Å²) in [5.74, 6) is -3.22. The van der Waals surface area contributed by atoms with Gasteiger partial charge in [-0.3, -0.25) is 22.1 Å². The summed E-state index contributed by atoms with van der Waals surface area (Å²) in [5.41, 5.74) is 0. The van der Waals surface area contributed by atoms with E-state index in [1.807, 2.05) is 0 Å². The number of hydrogen-bond donors (Lipinski definition) is 1. The van der Waals surface area contributed by atoms with Crippen molar-refractivity contribution in [3.8, 4) is 0 Å². The standard InChI is InChI=1S/C15H26N2O18S3.4Na/c1-3-17(10(19)4-5-11(20)21)7-9(18)16-6-8-12(33-36(22,23)24)13(34-37(25,26)27)14(15(31-2)32-8)35-38(28,29)30;;;;/h8,12-15H,3-7H2,1-2H3,(H,16,18)(H,20,21)(H,22,23,24)(H,25,26,27)(H,28,29,30);;;;/q;4*+1/p-4/t8-,12-,13+,14+,15+;;;;/m1..../s1. The number of likely N-dealkylation sites (N-methyl/N-ethyl adjacent to an activating group) is 1. The molecule has 5 atom stereocenters. The third-order valence-electron chi connectivity index (χ3n) is 4.62. The molecule has 1 saturated heterocycles. The summed E-state index contributed by atoms with van der Waals surface area (Å²) >= 11 is 0. The molecule has 0 aromatic carbocycles. The Hall–Kier alpha value is 1.94. The second kappa shape index (κ2) is 22.5. The fourth-order valence-electron chi connectivity index (χ4n) is 3.16. The van der Waals surface area contributed by atoms with Crippen molar-refractivity contribution in [2.24, 2.45) is 0 Å². The molecule has 0 bridgehead atoms. The zero-order valence-electron chi connectivity index (χ0n) is 23.4. The topological polar surface area (TPSA) is 307 Å². The van der Waals surface area contributed by atoms with Crippen LogP contribution >= 0.6 is 0 Å². The van der Waals surface area contributed by atoms with Crippen LogP contribution in [0.15, 0.2) is 0 Å². The predicted molar refractivity (Wildman–Crippen MR) is 109 cm³/mol. The van der Waals surface area contributed by atoms with E-state index in [2.05, 4.69) is 17.9 Å². The van der Waals surface area contributed by atoms with Crippen LogP contribution in [0, 0.1) is 0 Å². The Kier molecular flexibility index (Phi) is 27.2. The minimum atomic E-state index is -5.82. The summed E-state index contributed by atoms with van der Waals surface area (Å²) < 4.78 is 123. The van der Waals surface area contributed by atoms with Crippen LogP contribution in [0.1, 0.15) is 19.8 Å². The Morgan fingerprint density at radius 3 is 1.67 bits per heavy atom. The van der Waals surface area contributed by atoms with Gasteiger partial charge in [0.2, 0.25) is 43.0 Å². The van der Waals surface area contributed by atoms with Crippen LogP contribution in [0.4, 0.5) is 0 Å². The van der Waals surface area contributed by atoms with Crippen molar-refractivity contribution in [2.45, 2.75) is 50.5 Å². The number of aliphatic carboxylic acids is 1. The number of carbonyl (C=O) groups excluding carboxylic acids is 3. The largest absolute Gasteiger partial charge is 1.00 e. The van der Waals surface area contributed by atoms with E-state index in [1.165, 1.54) is 6.92 Å². The Balaban J connectivity index is -0.00000180. The van der Waals surface area contributed by atoms with Gasteiger partial charge < -0.3 is 43.2 Å². The van der Waals surface area contributed by atoms with E-state index in [0.29, 0.717) is 0 Å². The van der Waals surface area contributed by atoms with Gasteiger partial charge in [0.25, 0.3) is 0 Å². The summed E-state index contributed by atoms with van der Waals surface area (Å²) in [5, 5.41) is 12.6. The van der Waals surface area contributed by atoms with E-state index in [0.717, 1.165) is 12.0 Å². The molecule has 1 fully saturated rings. The fraction of sp³-hybridized carbons (Fsp3) is 0.800. The summed E-state index contributed by atoms with van der Waals surface area (Å²) in [4.78, 5) is 35.8. The molecule has 20 nitrogen and oxygen atoms in total. The summed E-state index contributed by atoms with van der Waals surface area (Å²) in [6.45, 7) is -0.121. The first kappa shape index (κ1) is 50.8. The van der Waals surface area contributed by atoms with Crippen LogP contribution in [0.2, 0.25) is 0 Å². The second-order valence-electron chi connectivity index (χ2n) is 7.27. The van der Waals surface area contributed by atoms with Gasteiger partial charge in [0.1, 0.15) is 18.3 Å². The minimum absolute atomic E-state index is 0. The Bertz CT molecular complexity index is 1190. The Morgan fingerprint density at radius 2 is 1.26 bits per heavy atom. The summed E-state index contributed by atoms with van der Waals surface area (Å²) in [6.07, 6.45) is -12.8. The van der Waals surface area contributed by atoms with E-state index in [4.69, 9.17) is 9.47 Å². The number of carboxylic acids is 1. The van der Waals surface area contributed by atoms with Crippen molar-refractivity contribution in [3.63, 3.8) is 0 Å². The van der Waals surface area contributed by atoms with Gasteiger partial charge in [-0.15, -0.1) is 0 Å². The SMILES string of the molecule is CCN(CC(=O)NC[C@H]1O[C@H](OC)[C@@H](OS(=O)(=O)[O-])[C@@H](OS(=O)(=O)[O-])[C@@H]1OS(=O)(=O)[O-])C(=O)CCC(=O)[O-].[Na+].[Na+].[Na+].[Na+]. The number of methoxy groups -OCH3 is 1. The Labute approximate surface area is 330 Å². The van der Waals surface area contributed by atoms with Crippen molar-refractivity contribution < 1.29 is 199 Å². The van der Waals surface area contributed by atoms with E-state index >= 15 is 0 Å². The molecule has 1 aliphatic heterocycles. The first-order valence-electron chi connectivity index (χ1n) is 10.1. The number of nitrogens with zero attached hydrogens (tertiary/aromatic N) is 1. The molecule has 0 saturated carbocycles. The number of amides is 2. The molecule has 42 heavy (non-hydrogen) atoms. The third-order valence-corrected chi connectivity index (χ3v) is 6.00. The van der Waals surface area contributed by atoms with Crippen molar-refractivity contribution in [1.29, 1.82) is 0 Å². The molecular formula is C15H22N2Na4O18S3. The zero-order valence-corrected chi connectivity index (χ0v) is 33.9. The molecule has 0 aromatic rings. The van der Waals surface area contributed by atoms with Crippen molar-refractivity contribution in [2.75, 3.05) is 26.7 Å². The van der Waals surface area contributed by atoms with Gasteiger partial charge in [0.05, 0.1) is 6.54 Å². The van der Waals surface area contributed by atoms with Crippen LogP contribution in [-0.2, 0) is 67.6 Å². The number of nitrogens with one attached hydrogen (secondary N) is 1. The molecule has 1 N–H and O–H groups in total. The first-order valence-corrected chi connectivity index (χ1v) is 14.1. The maximum absolute atomic E-state index is 12.3. The summed E-state index contributed by atoms with van der Waals surface area (Å²) in [7, 11) is -16.5. The van der Waals surface area contributed by atoms with Crippen LogP contribution in [0.3, 0.4) is 0 Å². The van der Waals surface area contributed by atoms with E-state index in [9.17, 15) is 58.4 Å². The smallest absolute Gasteiger partial charge is 0.726 e. The van der Waals surface area contributed by atoms with Crippen LogP contribution in [0.25, 0.3) is 0 Å². The predicted octanol–water partition coefficient (Wildman–Crippen LogP) is -17.6. The zero-order chi connectivity index (χ0) is 29.5. The van der Waals surface area contributed by atoms with E-state index in [-0.39, 0.29) is 125 Å². The number of rotatable bonds is 15. The van der Waals surface area contributed by atoms with Gasteiger partial charge in [0, 0.05) is 32.6 Å². The average molecular weight is 706 g/mol.